The molecule has 2 heterocycles. The summed E-state index contributed by atoms with van der Waals surface area (Å²) in [6.45, 7) is 3.87. The van der Waals surface area contributed by atoms with Gasteiger partial charge in [0.05, 0.1) is 0 Å². The van der Waals surface area contributed by atoms with E-state index < -0.39 is 11.2 Å². The minimum absolute atomic E-state index is 0.304. The van der Waals surface area contributed by atoms with Crippen LogP contribution in [0, 0.1) is 6.92 Å². The van der Waals surface area contributed by atoms with Crippen LogP contribution in [0.15, 0.2) is 14.1 Å². The van der Waals surface area contributed by atoms with Crippen molar-refractivity contribution in [1.82, 2.24) is 14.7 Å². The van der Waals surface area contributed by atoms with Gasteiger partial charge in [0.15, 0.2) is 5.65 Å². The Balaban J connectivity index is 3.08. The molecule has 6 nitrogen and oxygen atoms in total. The second-order valence-electron chi connectivity index (χ2n) is 2.94. The van der Waals surface area contributed by atoms with E-state index in [1.165, 1.54) is 4.57 Å². The number of hydrogen-bond acceptors (Lipinski definition) is 4. The van der Waals surface area contributed by atoms with Crippen molar-refractivity contribution in [3.63, 3.8) is 0 Å². The van der Waals surface area contributed by atoms with Crippen LogP contribution in [0.1, 0.15) is 12.7 Å². The summed E-state index contributed by atoms with van der Waals surface area (Å²) in [6, 6.07) is 0. The maximum Gasteiger partial charge on any atom is 0.330 e. The predicted molar refractivity (Wildman–Crippen MR) is 49.3 cm³/mol. The first kappa shape index (κ1) is 8.74. The number of fused-ring (bicyclic) bond motifs is 1. The van der Waals surface area contributed by atoms with Crippen molar-refractivity contribution in [2.75, 3.05) is 0 Å². The highest BCUT2D eigenvalue weighted by Crippen LogP contribution is 2.10. The lowest BCUT2D eigenvalue weighted by atomic mass is 10.3. The minimum Gasteiger partial charge on any atom is -0.359 e. The van der Waals surface area contributed by atoms with Crippen molar-refractivity contribution in [2.24, 2.45) is 0 Å². The average Bonchev–Trinajstić information content (AvgIpc) is 2.49. The number of hydrogen-bond donors (Lipinski definition) is 1. The summed E-state index contributed by atoms with van der Waals surface area (Å²) in [6.07, 6.45) is 0. The molecule has 0 bridgehead atoms. The van der Waals surface area contributed by atoms with Gasteiger partial charge in [0, 0.05) is 6.54 Å². The normalized spacial score (nSPS) is 11.0. The van der Waals surface area contributed by atoms with Crippen LogP contribution in [0.4, 0.5) is 0 Å². The zero-order chi connectivity index (χ0) is 10.3. The number of aromatic nitrogens is 3. The number of nitrogens with one attached hydrogen (secondary N) is 1. The van der Waals surface area contributed by atoms with Gasteiger partial charge in [-0.2, -0.15) is 0 Å². The Hall–Kier alpha value is -1.85. The van der Waals surface area contributed by atoms with Crippen molar-refractivity contribution in [1.29, 1.82) is 0 Å². The van der Waals surface area contributed by atoms with E-state index in [0.29, 0.717) is 23.3 Å². The van der Waals surface area contributed by atoms with Gasteiger partial charge in [-0.25, -0.2) is 4.79 Å². The van der Waals surface area contributed by atoms with Gasteiger partial charge >= 0.3 is 5.69 Å². The lowest BCUT2D eigenvalue weighted by molar-refractivity contribution is 0.401. The van der Waals surface area contributed by atoms with E-state index in [1.807, 2.05) is 0 Å². The van der Waals surface area contributed by atoms with E-state index in [0.717, 1.165) is 0 Å². The van der Waals surface area contributed by atoms with E-state index >= 15 is 0 Å². The van der Waals surface area contributed by atoms with Crippen LogP contribution in [-0.2, 0) is 6.54 Å². The Kier molecular flexibility index (Phi) is 1.77. The van der Waals surface area contributed by atoms with Crippen LogP contribution >= 0.6 is 0 Å². The number of aromatic amines is 1. The van der Waals surface area contributed by atoms with Crippen molar-refractivity contribution >= 4 is 11.0 Å². The molecule has 14 heavy (non-hydrogen) atoms. The van der Waals surface area contributed by atoms with E-state index in [-0.39, 0.29) is 0 Å². The first-order valence-electron chi connectivity index (χ1n) is 4.24. The third-order valence-electron chi connectivity index (χ3n) is 2.11. The summed E-state index contributed by atoms with van der Waals surface area (Å²) in [5.41, 5.74) is -0.606. The van der Waals surface area contributed by atoms with Gasteiger partial charge < -0.3 is 4.52 Å². The molecule has 6 heteroatoms. The Morgan fingerprint density at radius 2 is 2.21 bits per heavy atom. The van der Waals surface area contributed by atoms with Gasteiger partial charge in [0.25, 0.3) is 5.56 Å². The summed E-state index contributed by atoms with van der Waals surface area (Å²) >= 11 is 0. The Morgan fingerprint density at radius 1 is 1.50 bits per heavy atom. The molecular weight excluding hydrogens is 186 g/mol. The highest BCUT2D eigenvalue weighted by atomic mass is 16.5. The van der Waals surface area contributed by atoms with Crippen LogP contribution in [0.3, 0.4) is 0 Å². The van der Waals surface area contributed by atoms with Crippen LogP contribution in [0.25, 0.3) is 11.0 Å². The minimum atomic E-state index is -0.460. The molecule has 0 atom stereocenters. The smallest absolute Gasteiger partial charge is 0.330 e. The number of aryl methyl sites for hydroxylation is 2. The van der Waals surface area contributed by atoms with Gasteiger partial charge in [-0.3, -0.25) is 14.3 Å². The van der Waals surface area contributed by atoms with E-state index in [9.17, 15) is 9.59 Å². The quantitative estimate of drug-likeness (QED) is 0.694. The third-order valence-corrected chi connectivity index (χ3v) is 2.11. The van der Waals surface area contributed by atoms with Crippen LogP contribution < -0.4 is 11.2 Å². The molecule has 0 fully saturated rings. The summed E-state index contributed by atoms with van der Waals surface area (Å²) in [4.78, 5) is 24.9. The predicted octanol–water partition coefficient (Wildman–Crippen LogP) is 0.00612. The molecule has 74 valence electrons. The standard InChI is InChI=1S/C8H9N3O3/c1-3-11-6-5(4(2)14-10-6)7(12)9-8(11)13/h3H2,1-2H3,(H,9,12,13). The first-order valence-corrected chi connectivity index (χ1v) is 4.24. The molecule has 0 aliphatic heterocycles. The van der Waals surface area contributed by atoms with Gasteiger partial charge in [0.2, 0.25) is 0 Å². The second kappa shape index (κ2) is 2.83. The van der Waals surface area contributed by atoms with Crippen LogP contribution in [-0.4, -0.2) is 14.7 Å². The van der Waals surface area contributed by atoms with Crippen LogP contribution in [0.2, 0.25) is 0 Å². The largest absolute Gasteiger partial charge is 0.359 e. The number of nitrogens with zero attached hydrogens (tertiary/aromatic N) is 2. The molecule has 1 N–H and O–H groups in total. The summed E-state index contributed by atoms with van der Waals surface area (Å²) in [5, 5.41) is 4.02. The molecule has 2 aromatic heterocycles. The molecular formula is C8H9N3O3. The fraction of sp³-hybridized carbons (Fsp3) is 0.375. The Morgan fingerprint density at radius 3 is 2.86 bits per heavy atom. The number of rotatable bonds is 1. The Bertz CT molecular complexity index is 590. The molecule has 0 aromatic carbocycles. The lowest BCUT2D eigenvalue weighted by Gasteiger charge is -1.99. The van der Waals surface area contributed by atoms with Crippen molar-refractivity contribution in [2.45, 2.75) is 20.4 Å². The van der Waals surface area contributed by atoms with Crippen molar-refractivity contribution in [3.8, 4) is 0 Å². The topological polar surface area (TPSA) is 80.9 Å². The molecule has 0 saturated carbocycles. The molecule has 0 unspecified atom stereocenters. The molecule has 0 amide bonds. The van der Waals surface area contributed by atoms with E-state index in [2.05, 4.69) is 10.1 Å². The monoisotopic (exact) mass is 195 g/mol. The fourth-order valence-corrected chi connectivity index (χ4v) is 1.42. The van der Waals surface area contributed by atoms with Gasteiger partial charge in [-0.1, -0.05) is 5.16 Å². The zero-order valence-corrected chi connectivity index (χ0v) is 7.83. The average molecular weight is 195 g/mol. The lowest BCUT2D eigenvalue weighted by Crippen LogP contribution is -2.29. The highest BCUT2D eigenvalue weighted by Gasteiger charge is 2.13. The van der Waals surface area contributed by atoms with Crippen molar-refractivity contribution in [3.05, 3.63) is 26.6 Å². The van der Waals surface area contributed by atoms with E-state index in [4.69, 9.17) is 4.52 Å². The summed E-state index contributed by atoms with van der Waals surface area (Å²) < 4.78 is 6.22. The summed E-state index contributed by atoms with van der Waals surface area (Å²) in [5.74, 6) is 0.420. The summed E-state index contributed by atoms with van der Waals surface area (Å²) in [7, 11) is 0. The third kappa shape index (κ3) is 1.00. The first-order chi connectivity index (χ1) is 6.65. The number of H-pyrrole nitrogens is 1. The highest BCUT2D eigenvalue weighted by molar-refractivity contribution is 5.75. The molecule has 0 spiro atoms. The van der Waals surface area contributed by atoms with E-state index in [1.54, 1.807) is 13.8 Å². The maximum absolute atomic E-state index is 11.4. The van der Waals surface area contributed by atoms with Gasteiger partial charge in [-0.15, -0.1) is 0 Å². The van der Waals surface area contributed by atoms with Gasteiger partial charge in [-0.05, 0) is 13.8 Å². The Labute approximate surface area is 78.1 Å². The second-order valence-corrected chi connectivity index (χ2v) is 2.94. The molecule has 0 saturated heterocycles. The SMILES string of the molecule is CCn1c(=O)[nH]c(=O)c2c(C)onc21. The molecule has 0 radical (unpaired) electrons. The fourth-order valence-electron chi connectivity index (χ4n) is 1.42. The maximum atomic E-state index is 11.4. The molecule has 0 aliphatic carbocycles. The molecule has 2 aromatic rings. The van der Waals surface area contributed by atoms with Crippen LogP contribution in [0.5, 0.6) is 0 Å². The molecule has 0 aliphatic rings. The molecule has 2 rings (SSSR count). The van der Waals surface area contributed by atoms with Gasteiger partial charge in [0.1, 0.15) is 11.1 Å². The van der Waals surface area contributed by atoms with Crippen molar-refractivity contribution < 1.29 is 4.52 Å². The zero-order valence-electron chi connectivity index (χ0n) is 7.83.